The minimum absolute atomic E-state index is 0.145. The van der Waals surface area contributed by atoms with Gasteiger partial charge in [-0.2, -0.15) is 0 Å². The summed E-state index contributed by atoms with van der Waals surface area (Å²) in [5.74, 6) is -0.0210. The van der Waals surface area contributed by atoms with E-state index in [9.17, 15) is 4.79 Å². The summed E-state index contributed by atoms with van der Waals surface area (Å²) in [4.78, 5) is 12.5. The maximum atomic E-state index is 10.5. The van der Waals surface area contributed by atoms with Crippen LogP contribution in [0, 0.1) is 0 Å². The second-order valence-corrected chi connectivity index (χ2v) is 3.69. The molecule has 1 N–H and O–H groups in total. The van der Waals surface area contributed by atoms with Gasteiger partial charge in [0.25, 0.3) is 0 Å². The standard InChI is InChI=1S/C10H16N2O3/c1-8(2)12(6-4-10(13)14)7-9-3-5-11-15-9/h3,5,8H,4,6-7H2,1-2H3,(H,13,14). The van der Waals surface area contributed by atoms with Crippen LogP contribution < -0.4 is 0 Å². The van der Waals surface area contributed by atoms with Crippen LogP contribution >= 0.6 is 0 Å². The first-order chi connectivity index (χ1) is 7.09. The van der Waals surface area contributed by atoms with Gasteiger partial charge in [0.2, 0.25) is 0 Å². The Bertz CT molecular complexity index is 296. The molecule has 5 nitrogen and oxygen atoms in total. The molecule has 1 rings (SSSR count). The molecule has 0 atom stereocenters. The van der Waals surface area contributed by atoms with E-state index in [-0.39, 0.29) is 12.5 Å². The summed E-state index contributed by atoms with van der Waals surface area (Å²) in [6.45, 7) is 5.18. The maximum Gasteiger partial charge on any atom is 0.304 e. The van der Waals surface area contributed by atoms with Crippen LogP contribution in [0.15, 0.2) is 16.8 Å². The van der Waals surface area contributed by atoms with Crippen molar-refractivity contribution in [3.8, 4) is 0 Å². The zero-order valence-corrected chi connectivity index (χ0v) is 9.01. The number of aliphatic carboxylic acids is 1. The first-order valence-electron chi connectivity index (χ1n) is 4.95. The monoisotopic (exact) mass is 212 g/mol. The van der Waals surface area contributed by atoms with Crippen molar-refractivity contribution in [2.75, 3.05) is 6.54 Å². The molecule has 0 fully saturated rings. The molecule has 1 heterocycles. The van der Waals surface area contributed by atoms with E-state index in [1.807, 2.05) is 18.7 Å². The Morgan fingerprint density at radius 1 is 1.67 bits per heavy atom. The van der Waals surface area contributed by atoms with Gasteiger partial charge in [-0.1, -0.05) is 5.16 Å². The van der Waals surface area contributed by atoms with Gasteiger partial charge < -0.3 is 9.63 Å². The van der Waals surface area contributed by atoms with Crippen molar-refractivity contribution in [3.63, 3.8) is 0 Å². The van der Waals surface area contributed by atoms with E-state index in [2.05, 4.69) is 5.16 Å². The first kappa shape index (κ1) is 11.7. The van der Waals surface area contributed by atoms with Crippen LogP contribution in [-0.2, 0) is 11.3 Å². The van der Waals surface area contributed by atoms with Gasteiger partial charge in [0, 0.05) is 18.7 Å². The summed E-state index contributed by atoms with van der Waals surface area (Å²) in [5, 5.41) is 12.2. The van der Waals surface area contributed by atoms with Gasteiger partial charge in [0.05, 0.1) is 19.2 Å². The largest absolute Gasteiger partial charge is 0.481 e. The SMILES string of the molecule is CC(C)N(CCC(=O)O)Cc1ccno1. The lowest BCUT2D eigenvalue weighted by atomic mass is 10.2. The Morgan fingerprint density at radius 2 is 2.40 bits per heavy atom. The van der Waals surface area contributed by atoms with E-state index >= 15 is 0 Å². The van der Waals surface area contributed by atoms with Crippen LogP contribution in [0.25, 0.3) is 0 Å². The second-order valence-electron chi connectivity index (χ2n) is 3.69. The zero-order valence-electron chi connectivity index (χ0n) is 9.01. The van der Waals surface area contributed by atoms with Crippen LogP contribution in [0.5, 0.6) is 0 Å². The second kappa shape index (κ2) is 5.50. The minimum atomic E-state index is -0.779. The molecule has 0 saturated carbocycles. The summed E-state index contributed by atoms with van der Waals surface area (Å²) in [7, 11) is 0. The fourth-order valence-corrected chi connectivity index (χ4v) is 1.28. The van der Waals surface area contributed by atoms with Crippen molar-refractivity contribution in [1.82, 2.24) is 10.1 Å². The summed E-state index contributed by atoms with van der Waals surface area (Å²) in [5.41, 5.74) is 0. The molecule has 0 aromatic carbocycles. The molecule has 0 spiro atoms. The van der Waals surface area contributed by atoms with Crippen LogP contribution in [-0.4, -0.2) is 33.7 Å². The number of hydrogen-bond donors (Lipinski definition) is 1. The Morgan fingerprint density at radius 3 is 2.87 bits per heavy atom. The summed E-state index contributed by atoms with van der Waals surface area (Å²) in [6.07, 6.45) is 1.73. The number of rotatable bonds is 6. The van der Waals surface area contributed by atoms with Crippen molar-refractivity contribution in [2.24, 2.45) is 0 Å². The molecule has 1 aromatic rings. The van der Waals surface area contributed by atoms with Crippen molar-refractivity contribution in [1.29, 1.82) is 0 Å². The third-order valence-electron chi connectivity index (χ3n) is 2.19. The van der Waals surface area contributed by atoms with Crippen LogP contribution in [0.4, 0.5) is 0 Å². The lowest BCUT2D eigenvalue weighted by molar-refractivity contribution is -0.137. The molecular formula is C10H16N2O3. The highest BCUT2D eigenvalue weighted by Gasteiger charge is 2.13. The van der Waals surface area contributed by atoms with Gasteiger partial charge in [0.1, 0.15) is 0 Å². The topological polar surface area (TPSA) is 66.6 Å². The minimum Gasteiger partial charge on any atom is -0.481 e. The van der Waals surface area contributed by atoms with Crippen molar-refractivity contribution in [2.45, 2.75) is 32.9 Å². The van der Waals surface area contributed by atoms with Gasteiger partial charge in [-0.25, -0.2) is 0 Å². The molecule has 0 bridgehead atoms. The molecular weight excluding hydrogens is 196 g/mol. The smallest absolute Gasteiger partial charge is 0.304 e. The summed E-state index contributed by atoms with van der Waals surface area (Å²) >= 11 is 0. The third-order valence-corrected chi connectivity index (χ3v) is 2.19. The Balaban J connectivity index is 2.47. The Kier molecular flexibility index (Phi) is 4.30. The van der Waals surface area contributed by atoms with E-state index in [1.54, 1.807) is 12.3 Å². The average molecular weight is 212 g/mol. The van der Waals surface area contributed by atoms with Crippen LogP contribution in [0.2, 0.25) is 0 Å². The zero-order chi connectivity index (χ0) is 11.3. The van der Waals surface area contributed by atoms with Crippen molar-refractivity contribution in [3.05, 3.63) is 18.0 Å². The van der Waals surface area contributed by atoms with E-state index in [0.717, 1.165) is 5.76 Å². The summed E-state index contributed by atoms with van der Waals surface area (Å²) < 4.78 is 4.98. The van der Waals surface area contributed by atoms with E-state index in [1.165, 1.54) is 0 Å². The molecule has 15 heavy (non-hydrogen) atoms. The van der Waals surface area contributed by atoms with Crippen molar-refractivity contribution >= 4 is 5.97 Å². The molecule has 0 aliphatic carbocycles. The molecule has 84 valence electrons. The highest BCUT2D eigenvalue weighted by Crippen LogP contribution is 2.07. The lowest BCUT2D eigenvalue weighted by Crippen LogP contribution is -2.32. The normalized spacial score (nSPS) is 11.2. The van der Waals surface area contributed by atoms with E-state index in [0.29, 0.717) is 13.1 Å². The maximum absolute atomic E-state index is 10.5. The molecule has 5 heteroatoms. The number of carboxylic acids is 1. The number of nitrogens with zero attached hydrogens (tertiary/aromatic N) is 2. The van der Waals surface area contributed by atoms with Crippen LogP contribution in [0.3, 0.4) is 0 Å². The number of hydrogen-bond acceptors (Lipinski definition) is 4. The van der Waals surface area contributed by atoms with Crippen LogP contribution in [0.1, 0.15) is 26.0 Å². The van der Waals surface area contributed by atoms with E-state index < -0.39 is 5.97 Å². The van der Waals surface area contributed by atoms with Gasteiger partial charge >= 0.3 is 5.97 Å². The third kappa shape index (κ3) is 4.12. The molecule has 0 radical (unpaired) electrons. The predicted molar refractivity (Wildman–Crippen MR) is 54.3 cm³/mol. The summed E-state index contributed by atoms with van der Waals surface area (Å²) in [6, 6.07) is 2.07. The average Bonchev–Trinajstić information content (AvgIpc) is 2.63. The fourth-order valence-electron chi connectivity index (χ4n) is 1.28. The van der Waals surface area contributed by atoms with E-state index in [4.69, 9.17) is 9.63 Å². The quantitative estimate of drug-likeness (QED) is 0.771. The van der Waals surface area contributed by atoms with Gasteiger partial charge in [-0.3, -0.25) is 9.69 Å². The van der Waals surface area contributed by atoms with Gasteiger partial charge in [-0.15, -0.1) is 0 Å². The fraction of sp³-hybridized carbons (Fsp3) is 0.600. The highest BCUT2D eigenvalue weighted by molar-refractivity contribution is 5.66. The Labute approximate surface area is 88.7 Å². The molecule has 0 unspecified atom stereocenters. The number of carboxylic acid groups (broad SMARTS) is 1. The van der Waals surface area contributed by atoms with Gasteiger partial charge in [-0.05, 0) is 13.8 Å². The lowest BCUT2D eigenvalue weighted by Gasteiger charge is -2.24. The number of aromatic nitrogens is 1. The molecule has 0 aliphatic heterocycles. The predicted octanol–water partition coefficient (Wildman–Crippen LogP) is 1.36. The first-order valence-corrected chi connectivity index (χ1v) is 4.95. The van der Waals surface area contributed by atoms with Gasteiger partial charge in [0.15, 0.2) is 5.76 Å². The highest BCUT2D eigenvalue weighted by atomic mass is 16.5. The molecule has 0 aliphatic rings. The Hall–Kier alpha value is -1.36. The molecule has 0 amide bonds. The molecule has 1 aromatic heterocycles. The number of carbonyl (C=O) groups is 1. The van der Waals surface area contributed by atoms with Crippen molar-refractivity contribution < 1.29 is 14.4 Å². The molecule has 0 saturated heterocycles.